The molecule has 170 valence electrons. The van der Waals surface area contributed by atoms with Crippen molar-refractivity contribution in [3.63, 3.8) is 0 Å². The van der Waals surface area contributed by atoms with E-state index < -0.39 is 21.2 Å². The van der Waals surface area contributed by atoms with Crippen LogP contribution in [-0.2, 0) is 9.84 Å². The van der Waals surface area contributed by atoms with Crippen LogP contribution >= 0.6 is 0 Å². The monoisotopic (exact) mass is 456 g/mol. The van der Waals surface area contributed by atoms with Gasteiger partial charge in [0.05, 0.1) is 17.7 Å². The SMILES string of the molecule is COc1nc(C(=CC2CCCC2)c2ccc(S(=O)(=O)C3CN(C(=O)O)C3)cc2)ccc1C. The molecule has 2 aromatic rings. The van der Waals surface area contributed by atoms with Crippen molar-refractivity contribution in [2.45, 2.75) is 42.8 Å². The highest BCUT2D eigenvalue weighted by molar-refractivity contribution is 7.92. The fraction of sp³-hybridized carbons (Fsp3) is 0.417. The highest BCUT2D eigenvalue weighted by Gasteiger charge is 2.40. The minimum absolute atomic E-state index is 0.0132. The molecule has 2 fully saturated rings. The van der Waals surface area contributed by atoms with Crippen molar-refractivity contribution in [3.8, 4) is 5.88 Å². The number of allylic oxidation sites excluding steroid dienone is 1. The molecule has 1 aromatic heterocycles. The average Bonchev–Trinajstić information content (AvgIpc) is 3.24. The number of carboxylic acid groups (broad SMARTS) is 1. The van der Waals surface area contributed by atoms with Crippen LogP contribution in [0, 0.1) is 12.8 Å². The number of rotatable bonds is 6. The predicted octanol–water partition coefficient (Wildman–Crippen LogP) is 4.16. The van der Waals surface area contributed by atoms with Crippen molar-refractivity contribution >= 4 is 21.5 Å². The Balaban J connectivity index is 1.65. The molecule has 0 spiro atoms. The molecule has 2 heterocycles. The molecule has 1 saturated heterocycles. The van der Waals surface area contributed by atoms with Crippen molar-refractivity contribution in [2.75, 3.05) is 20.2 Å². The van der Waals surface area contributed by atoms with Gasteiger partial charge in [-0.05, 0) is 49.4 Å². The van der Waals surface area contributed by atoms with Crippen LogP contribution in [0.15, 0.2) is 47.4 Å². The summed E-state index contributed by atoms with van der Waals surface area (Å²) in [6, 6.07) is 10.8. The van der Waals surface area contributed by atoms with E-state index in [0.29, 0.717) is 11.8 Å². The van der Waals surface area contributed by atoms with Crippen LogP contribution in [-0.4, -0.2) is 55.0 Å². The number of sulfone groups is 1. The van der Waals surface area contributed by atoms with Crippen molar-refractivity contribution in [2.24, 2.45) is 5.92 Å². The number of aryl methyl sites for hydroxylation is 1. The Morgan fingerprint density at radius 3 is 2.38 bits per heavy atom. The minimum atomic E-state index is -3.57. The summed E-state index contributed by atoms with van der Waals surface area (Å²) in [5.74, 6) is 1.05. The van der Waals surface area contributed by atoms with Crippen LogP contribution in [0.3, 0.4) is 0 Å². The molecule has 32 heavy (non-hydrogen) atoms. The van der Waals surface area contributed by atoms with Gasteiger partial charge < -0.3 is 14.7 Å². The molecule has 7 nitrogen and oxygen atoms in total. The Labute approximate surface area is 188 Å². The van der Waals surface area contributed by atoms with E-state index in [2.05, 4.69) is 11.1 Å². The Morgan fingerprint density at radius 1 is 1.12 bits per heavy atom. The first-order chi connectivity index (χ1) is 15.3. The van der Waals surface area contributed by atoms with E-state index >= 15 is 0 Å². The Hall–Kier alpha value is -2.87. The zero-order valence-electron chi connectivity index (χ0n) is 18.3. The lowest BCUT2D eigenvalue weighted by molar-refractivity contribution is 0.120. The Bertz CT molecular complexity index is 1130. The number of pyridine rings is 1. The first-order valence-corrected chi connectivity index (χ1v) is 12.4. The number of ether oxygens (including phenoxy) is 1. The van der Waals surface area contributed by atoms with Crippen molar-refractivity contribution in [1.82, 2.24) is 9.88 Å². The first kappa shape index (κ1) is 22.3. The molecule has 8 heteroatoms. The summed E-state index contributed by atoms with van der Waals surface area (Å²) in [7, 11) is -1.97. The number of likely N-dealkylation sites (tertiary alicyclic amines) is 1. The summed E-state index contributed by atoms with van der Waals surface area (Å²) in [6.07, 6.45) is 5.87. The second-order valence-corrected chi connectivity index (χ2v) is 10.8. The van der Waals surface area contributed by atoms with Crippen LogP contribution in [0.1, 0.15) is 42.5 Å². The van der Waals surface area contributed by atoms with E-state index in [-0.39, 0.29) is 18.0 Å². The lowest BCUT2D eigenvalue weighted by Gasteiger charge is -2.36. The van der Waals surface area contributed by atoms with Crippen molar-refractivity contribution in [1.29, 1.82) is 0 Å². The van der Waals surface area contributed by atoms with Crippen molar-refractivity contribution < 1.29 is 23.1 Å². The van der Waals surface area contributed by atoms with E-state index in [1.165, 1.54) is 12.8 Å². The van der Waals surface area contributed by atoms with Crippen LogP contribution in [0.4, 0.5) is 4.79 Å². The van der Waals surface area contributed by atoms with E-state index in [1.54, 1.807) is 19.2 Å². The molecular formula is C24H28N2O5S. The molecule has 1 aliphatic carbocycles. The predicted molar refractivity (Wildman–Crippen MR) is 122 cm³/mol. The minimum Gasteiger partial charge on any atom is -0.481 e. The van der Waals surface area contributed by atoms with Crippen LogP contribution in [0.25, 0.3) is 5.57 Å². The quantitative estimate of drug-likeness (QED) is 0.701. The maximum absolute atomic E-state index is 12.9. The third-order valence-electron chi connectivity index (χ3n) is 6.37. The van der Waals surface area contributed by atoms with Gasteiger partial charge in [-0.2, -0.15) is 0 Å². The smallest absolute Gasteiger partial charge is 0.407 e. The number of amides is 1. The van der Waals surface area contributed by atoms with Gasteiger partial charge in [-0.1, -0.05) is 37.1 Å². The number of benzene rings is 1. The number of carbonyl (C=O) groups is 1. The highest BCUT2D eigenvalue weighted by Crippen LogP contribution is 2.33. The summed E-state index contributed by atoms with van der Waals surface area (Å²) < 4.78 is 31.2. The second kappa shape index (κ2) is 8.94. The molecule has 1 saturated carbocycles. The highest BCUT2D eigenvalue weighted by atomic mass is 32.2. The summed E-state index contributed by atoms with van der Waals surface area (Å²) in [5, 5.41) is 8.28. The summed E-state index contributed by atoms with van der Waals surface area (Å²) >= 11 is 0. The number of hydrogen-bond acceptors (Lipinski definition) is 5. The van der Waals surface area contributed by atoms with Gasteiger partial charge in [0, 0.05) is 24.2 Å². The van der Waals surface area contributed by atoms with Gasteiger partial charge >= 0.3 is 6.09 Å². The lowest BCUT2D eigenvalue weighted by Crippen LogP contribution is -2.56. The van der Waals surface area contributed by atoms with E-state index in [9.17, 15) is 13.2 Å². The number of nitrogens with zero attached hydrogens (tertiary/aromatic N) is 2. The van der Waals surface area contributed by atoms with Gasteiger partial charge in [0.25, 0.3) is 0 Å². The van der Waals surface area contributed by atoms with E-state index in [4.69, 9.17) is 9.84 Å². The van der Waals surface area contributed by atoms with Gasteiger partial charge in [-0.25, -0.2) is 18.2 Å². The van der Waals surface area contributed by atoms with Gasteiger partial charge in [0.1, 0.15) is 5.25 Å². The molecule has 4 rings (SSSR count). The molecule has 1 aliphatic heterocycles. The maximum atomic E-state index is 12.9. The van der Waals surface area contributed by atoms with Crippen molar-refractivity contribution in [3.05, 3.63) is 59.3 Å². The zero-order valence-corrected chi connectivity index (χ0v) is 19.1. The molecule has 0 atom stereocenters. The lowest BCUT2D eigenvalue weighted by atomic mass is 9.96. The summed E-state index contributed by atoms with van der Waals surface area (Å²) in [6.45, 7) is 1.97. The van der Waals surface area contributed by atoms with E-state index in [1.807, 2.05) is 31.2 Å². The number of methoxy groups -OCH3 is 1. The second-order valence-electron chi connectivity index (χ2n) is 8.53. The molecular weight excluding hydrogens is 428 g/mol. The fourth-order valence-electron chi connectivity index (χ4n) is 4.36. The van der Waals surface area contributed by atoms with E-state index in [0.717, 1.165) is 40.1 Å². The molecule has 0 bridgehead atoms. The fourth-order valence-corrected chi connectivity index (χ4v) is 6.02. The Morgan fingerprint density at radius 2 is 1.78 bits per heavy atom. The molecule has 1 amide bonds. The first-order valence-electron chi connectivity index (χ1n) is 10.9. The number of aromatic nitrogens is 1. The molecule has 1 N–H and O–H groups in total. The maximum Gasteiger partial charge on any atom is 0.407 e. The van der Waals surface area contributed by atoms with Gasteiger partial charge in [-0.15, -0.1) is 0 Å². The van der Waals surface area contributed by atoms with Gasteiger partial charge in [0.15, 0.2) is 9.84 Å². The molecule has 0 radical (unpaired) electrons. The largest absolute Gasteiger partial charge is 0.481 e. The number of hydrogen-bond donors (Lipinski definition) is 1. The van der Waals surface area contributed by atoms with Gasteiger partial charge in [0.2, 0.25) is 5.88 Å². The van der Waals surface area contributed by atoms with Gasteiger partial charge in [-0.3, -0.25) is 0 Å². The third-order valence-corrected chi connectivity index (χ3v) is 8.48. The normalized spacial score (nSPS) is 17.9. The third kappa shape index (κ3) is 4.37. The summed E-state index contributed by atoms with van der Waals surface area (Å²) in [5.41, 5.74) is 3.62. The molecule has 1 aromatic carbocycles. The summed E-state index contributed by atoms with van der Waals surface area (Å²) in [4.78, 5) is 17.0. The Kier molecular flexibility index (Phi) is 6.24. The van der Waals surface area contributed by atoms with Crippen LogP contribution < -0.4 is 4.74 Å². The standard InChI is InChI=1S/C24H28N2O5S/c1-16-7-12-22(25-23(16)31-2)21(13-17-5-3-4-6-17)18-8-10-19(11-9-18)32(29,30)20-14-26(15-20)24(27)28/h7-13,17,20H,3-6,14-15H2,1-2H3,(H,27,28). The van der Waals surface area contributed by atoms with Crippen LogP contribution in [0.2, 0.25) is 0 Å². The average molecular weight is 457 g/mol. The molecule has 0 unspecified atom stereocenters. The zero-order chi connectivity index (χ0) is 22.9. The van der Waals surface area contributed by atoms with Crippen LogP contribution in [0.5, 0.6) is 5.88 Å². The topological polar surface area (TPSA) is 96.8 Å². The molecule has 2 aliphatic rings.